The molecule has 1 N–H and O–H groups in total. The van der Waals surface area contributed by atoms with E-state index in [4.69, 9.17) is 0 Å². The van der Waals surface area contributed by atoms with E-state index in [0.717, 1.165) is 18.5 Å². The number of aryl methyl sites for hydroxylation is 1. The summed E-state index contributed by atoms with van der Waals surface area (Å²) in [4.78, 5) is 22.2. The van der Waals surface area contributed by atoms with Gasteiger partial charge in [0.2, 0.25) is 5.95 Å². The molecule has 0 aliphatic heterocycles. The molecule has 0 saturated carbocycles. The van der Waals surface area contributed by atoms with Gasteiger partial charge in [0.05, 0.1) is 4.88 Å². The number of carbonyl (C=O) groups is 1. The maximum Gasteiger partial charge on any atom is 0.457 e. The lowest BCUT2D eigenvalue weighted by molar-refractivity contribution is -0.141. The molecule has 2 aromatic heterocycles. The van der Waals surface area contributed by atoms with Crippen molar-refractivity contribution in [3.8, 4) is 10.4 Å². The molecule has 0 amide bonds. The molecule has 0 unspecified atom stereocenters. The topological polar surface area (TPSA) is 67.8 Å². The van der Waals surface area contributed by atoms with Crippen molar-refractivity contribution < 1.29 is 31.1 Å². The molecule has 0 aliphatic rings. The second-order valence-corrected chi connectivity index (χ2v) is 6.86. The zero-order chi connectivity index (χ0) is 21.4. The number of benzene rings is 1. The molecule has 0 spiro atoms. The fraction of sp³-hybridized carbons (Fsp3) is 0.176. The Balaban J connectivity index is 1.90. The summed E-state index contributed by atoms with van der Waals surface area (Å²) < 4.78 is 76.0. The number of aromatic nitrogens is 3. The molecule has 0 radical (unpaired) electrons. The minimum atomic E-state index is -5.03. The van der Waals surface area contributed by atoms with Crippen LogP contribution >= 0.6 is 11.3 Å². The van der Waals surface area contributed by atoms with Crippen molar-refractivity contribution >= 4 is 28.8 Å². The molecular formula is C17H10F6N4OS. The summed E-state index contributed by atoms with van der Waals surface area (Å²) in [6, 6.07) is 5.43. The number of thiazole rings is 1. The molecule has 12 heteroatoms. The van der Waals surface area contributed by atoms with Gasteiger partial charge in [-0.25, -0.2) is 15.0 Å². The van der Waals surface area contributed by atoms with Gasteiger partial charge < -0.3 is 5.32 Å². The molecule has 1 aromatic carbocycles. The van der Waals surface area contributed by atoms with Gasteiger partial charge in [0.15, 0.2) is 5.01 Å². The Morgan fingerprint density at radius 2 is 1.79 bits per heavy atom. The van der Waals surface area contributed by atoms with Crippen LogP contribution in [0.2, 0.25) is 0 Å². The third-order valence-corrected chi connectivity index (χ3v) is 4.57. The fourth-order valence-corrected chi connectivity index (χ4v) is 3.20. The molecule has 0 atom stereocenters. The predicted octanol–water partition coefficient (Wildman–Crippen LogP) is 5.42. The Morgan fingerprint density at radius 3 is 2.45 bits per heavy atom. The highest BCUT2D eigenvalue weighted by Gasteiger charge is 2.41. The van der Waals surface area contributed by atoms with Crippen molar-refractivity contribution in [2.45, 2.75) is 19.3 Å². The van der Waals surface area contributed by atoms with Crippen LogP contribution in [0.5, 0.6) is 0 Å². The molecule has 29 heavy (non-hydrogen) atoms. The first-order chi connectivity index (χ1) is 13.4. The molecule has 3 aromatic rings. The summed E-state index contributed by atoms with van der Waals surface area (Å²) in [7, 11) is 0. The van der Waals surface area contributed by atoms with Gasteiger partial charge in [0.1, 0.15) is 5.69 Å². The zero-order valence-corrected chi connectivity index (χ0v) is 15.2. The molecule has 2 heterocycles. The van der Waals surface area contributed by atoms with Gasteiger partial charge >= 0.3 is 12.4 Å². The number of Topliss-reactive ketones (excluding diaryl/α,β-unsaturated/α-hetero) is 1. The number of rotatable bonds is 4. The van der Waals surface area contributed by atoms with E-state index in [2.05, 4.69) is 20.3 Å². The second kappa shape index (κ2) is 7.43. The number of nitrogens with one attached hydrogen (secondary N) is 1. The van der Waals surface area contributed by atoms with Crippen LogP contribution in [0.15, 0.2) is 36.7 Å². The Kier molecular flexibility index (Phi) is 5.30. The summed E-state index contributed by atoms with van der Waals surface area (Å²) in [5, 5.41) is 1.93. The quantitative estimate of drug-likeness (QED) is 0.441. The van der Waals surface area contributed by atoms with E-state index < -0.39 is 28.8 Å². The number of halogens is 6. The molecule has 3 rings (SSSR count). The average molecular weight is 432 g/mol. The van der Waals surface area contributed by atoms with Gasteiger partial charge in [0, 0.05) is 18.1 Å². The van der Waals surface area contributed by atoms with Crippen LogP contribution in [-0.4, -0.2) is 26.9 Å². The van der Waals surface area contributed by atoms with E-state index in [-0.39, 0.29) is 10.8 Å². The average Bonchev–Trinajstić information content (AvgIpc) is 3.09. The van der Waals surface area contributed by atoms with E-state index in [9.17, 15) is 31.1 Å². The highest BCUT2D eigenvalue weighted by atomic mass is 32.1. The smallest absolute Gasteiger partial charge is 0.324 e. The molecule has 0 saturated heterocycles. The van der Waals surface area contributed by atoms with E-state index in [0.29, 0.717) is 28.2 Å². The summed E-state index contributed by atoms with van der Waals surface area (Å²) in [5.41, 5.74) is 0.282. The second-order valence-electron chi connectivity index (χ2n) is 5.83. The minimum absolute atomic E-state index is 0.286. The van der Waals surface area contributed by atoms with Crippen molar-refractivity contribution in [1.29, 1.82) is 0 Å². The van der Waals surface area contributed by atoms with E-state index in [1.54, 1.807) is 19.1 Å². The Bertz CT molecular complexity index is 1060. The minimum Gasteiger partial charge on any atom is -0.324 e. The van der Waals surface area contributed by atoms with Crippen LogP contribution in [0, 0.1) is 6.92 Å². The van der Waals surface area contributed by atoms with Gasteiger partial charge in [-0.15, -0.1) is 11.3 Å². The molecule has 5 nitrogen and oxygen atoms in total. The van der Waals surface area contributed by atoms with Gasteiger partial charge in [-0.05, 0) is 36.2 Å². The molecule has 0 fully saturated rings. The SMILES string of the molecule is Cc1cc(Nc2nccc(C(F)(F)F)n2)cc(-c2cnc(C(=O)C(F)(F)F)s2)c1. The first-order valence-corrected chi connectivity index (χ1v) is 8.62. The van der Waals surface area contributed by atoms with Crippen LogP contribution in [-0.2, 0) is 6.18 Å². The van der Waals surface area contributed by atoms with Crippen LogP contribution in [0.3, 0.4) is 0 Å². The Hall–Kier alpha value is -3.02. The standard InChI is InChI=1S/C17H10F6N4OS/c1-8-4-9(11-7-25-14(29-11)13(28)17(21,22)23)6-10(5-8)26-15-24-3-2-12(27-15)16(18,19)20/h2-7H,1H3,(H,24,26,27). The maximum atomic E-state index is 12.8. The van der Waals surface area contributed by atoms with E-state index in [1.807, 2.05) is 0 Å². The summed E-state index contributed by atoms with van der Waals surface area (Å²) in [6.07, 6.45) is -7.59. The number of hydrogen-bond donors (Lipinski definition) is 1. The zero-order valence-electron chi connectivity index (χ0n) is 14.4. The van der Waals surface area contributed by atoms with Gasteiger partial charge in [-0.1, -0.05) is 6.07 Å². The first-order valence-electron chi connectivity index (χ1n) is 7.80. The third kappa shape index (κ3) is 4.88. The lowest BCUT2D eigenvalue weighted by Crippen LogP contribution is -2.22. The third-order valence-electron chi connectivity index (χ3n) is 3.52. The number of hydrogen-bond acceptors (Lipinski definition) is 6. The summed E-state index contributed by atoms with van der Waals surface area (Å²) >= 11 is 0.562. The maximum absolute atomic E-state index is 12.8. The van der Waals surface area contributed by atoms with Crippen LogP contribution in [0.1, 0.15) is 21.1 Å². The summed E-state index contributed by atoms with van der Waals surface area (Å²) in [6.45, 7) is 1.69. The summed E-state index contributed by atoms with van der Waals surface area (Å²) in [5.74, 6) is -2.34. The monoisotopic (exact) mass is 432 g/mol. The lowest BCUT2D eigenvalue weighted by Gasteiger charge is -2.10. The highest BCUT2D eigenvalue weighted by Crippen LogP contribution is 2.33. The number of alkyl halides is 6. The highest BCUT2D eigenvalue weighted by molar-refractivity contribution is 7.17. The van der Waals surface area contributed by atoms with Crippen molar-refractivity contribution in [2.75, 3.05) is 5.32 Å². The fourth-order valence-electron chi connectivity index (χ4n) is 2.34. The van der Waals surface area contributed by atoms with E-state index in [1.165, 1.54) is 6.07 Å². The van der Waals surface area contributed by atoms with E-state index >= 15 is 0 Å². The van der Waals surface area contributed by atoms with Crippen LogP contribution < -0.4 is 5.32 Å². The van der Waals surface area contributed by atoms with Gasteiger partial charge in [0.25, 0.3) is 5.78 Å². The van der Waals surface area contributed by atoms with Crippen molar-refractivity contribution in [1.82, 2.24) is 15.0 Å². The van der Waals surface area contributed by atoms with Crippen molar-refractivity contribution in [2.24, 2.45) is 0 Å². The van der Waals surface area contributed by atoms with Gasteiger partial charge in [-0.3, -0.25) is 4.79 Å². The van der Waals surface area contributed by atoms with Crippen LogP contribution in [0.4, 0.5) is 38.0 Å². The van der Waals surface area contributed by atoms with Crippen LogP contribution in [0.25, 0.3) is 10.4 Å². The first kappa shape index (κ1) is 20.7. The van der Waals surface area contributed by atoms with Crippen molar-refractivity contribution in [3.05, 3.63) is 52.9 Å². The molecule has 0 bridgehead atoms. The molecule has 152 valence electrons. The molecule has 0 aliphatic carbocycles. The largest absolute Gasteiger partial charge is 0.457 e. The lowest BCUT2D eigenvalue weighted by atomic mass is 10.1. The Labute approximate surface area is 163 Å². The molecular weight excluding hydrogens is 422 g/mol. The normalized spacial score (nSPS) is 12.1. The Morgan fingerprint density at radius 1 is 1.07 bits per heavy atom. The number of carbonyl (C=O) groups excluding carboxylic acids is 1. The van der Waals surface area contributed by atoms with Gasteiger partial charge in [-0.2, -0.15) is 26.3 Å². The number of nitrogens with zero attached hydrogens (tertiary/aromatic N) is 3. The predicted molar refractivity (Wildman–Crippen MR) is 93.0 cm³/mol. The van der Waals surface area contributed by atoms with Crippen molar-refractivity contribution in [3.63, 3.8) is 0 Å². The number of ketones is 1. The number of anilines is 2.